The van der Waals surface area contributed by atoms with Crippen molar-refractivity contribution in [2.45, 2.75) is 19.9 Å². The van der Waals surface area contributed by atoms with E-state index in [-0.39, 0.29) is 5.56 Å². The predicted octanol–water partition coefficient (Wildman–Crippen LogP) is 2.01. The van der Waals surface area contributed by atoms with Crippen LogP contribution in [0.3, 0.4) is 0 Å². The highest BCUT2D eigenvalue weighted by atomic mass is 79.9. The quantitative estimate of drug-likeness (QED) is 0.659. The van der Waals surface area contributed by atoms with Crippen molar-refractivity contribution >= 4 is 21.6 Å². The second-order valence-electron chi connectivity index (χ2n) is 3.00. The van der Waals surface area contributed by atoms with Crippen LogP contribution in [0.25, 0.3) is 0 Å². The number of anilines is 1. The first kappa shape index (κ1) is 12.0. The topological polar surface area (TPSA) is 46.9 Å². The van der Waals surface area contributed by atoms with E-state index >= 15 is 0 Å². The molecule has 1 rings (SSSR count). The molecule has 1 aromatic heterocycles. The molecule has 0 amide bonds. The van der Waals surface area contributed by atoms with Crippen LogP contribution < -0.4 is 10.9 Å². The standard InChI is InChI=1S/C10H14BrN3O/c1-3-5-6-12-8-7-13-14(4-2)10(15)9(8)11/h3,7,12H,1,4-6H2,2H3. The SMILES string of the molecule is C=CCCNc1cnn(CC)c(=O)c1Br. The van der Waals surface area contributed by atoms with Crippen LogP contribution >= 0.6 is 15.9 Å². The van der Waals surface area contributed by atoms with Crippen molar-refractivity contribution in [3.05, 3.63) is 33.7 Å². The fourth-order valence-corrected chi connectivity index (χ4v) is 1.57. The van der Waals surface area contributed by atoms with Crippen molar-refractivity contribution < 1.29 is 0 Å². The summed E-state index contributed by atoms with van der Waals surface area (Å²) in [5.41, 5.74) is 0.618. The van der Waals surface area contributed by atoms with Crippen LogP contribution in [0, 0.1) is 0 Å². The summed E-state index contributed by atoms with van der Waals surface area (Å²) >= 11 is 3.26. The van der Waals surface area contributed by atoms with Crippen molar-refractivity contribution in [3.63, 3.8) is 0 Å². The van der Waals surface area contributed by atoms with Crippen LogP contribution in [-0.4, -0.2) is 16.3 Å². The molecule has 0 radical (unpaired) electrons. The second kappa shape index (κ2) is 5.70. The number of aromatic nitrogens is 2. The van der Waals surface area contributed by atoms with Crippen molar-refractivity contribution in [2.75, 3.05) is 11.9 Å². The molecule has 0 fully saturated rings. The Labute approximate surface area is 97.1 Å². The Kier molecular flexibility index (Phi) is 4.55. The number of nitrogens with one attached hydrogen (secondary N) is 1. The number of hydrogen-bond acceptors (Lipinski definition) is 3. The Hall–Kier alpha value is -1.10. The minimum atomic E-state index is -0.110. The maximum absolute atomic E-state index is 11.6. The molecule has 0 saturated carbocycles. The number of halogens is 1. The van der Waals surface area contributed by atoms with Gasteiger partial charge < -0.3 is 5.32 Å². The molecule has 1 N–H and O–H groups in total. The predicted molar refractivity (Wildman–Crippen MR) is 65.2 cm³/mol. The van der Waals surface area contributed by atoms with Gasteiger partial charge in [0.15, 0.2) is 0 Å². The Morgan fingerprint density at radius 2 is 2.47 bits per heavy atom. The van der Waals surface area contributed by atoms with E-state index in [4.69, 9.17) is 0 Å². The van der Waals surface area contributed by atoms with Gasteiger partial charge >= 0.3 is 0 Å². The Morgan fingerprint density at radius 1 is 1.73 bits per heavy atom. The van der Waals surface area contributed by atoms with E-state index in [1.54, 1.807) is 6.20 Å². The third-order valence-corrected chi connectivity index (χ3v) is 2.71. The highest BCUT2D eigenvalue weighted by Gasteiger charge is 2.06. The first-order chi connectivity index (χ1) is 7.20. The number of rotatable bonds is 5. The lowest BCUT2D eigenvalue weighted by atomic mass is 10.4. The molecule has 15 heavy (non-hydrogen) atoms. The molecular formula is C10H14BrN3O. The van der Waals surface area contributed by atoms with Gasteiger partial charge in [0.1, 0.15) is 4.47 Å². The molecular weight excluding hydrogens is 258 g/mol. The monoisotopic (exact) mass is 271 g/mol. The third kappa shape index (κ3) is 2.92. The fraction of sp³-hybridized carbons (Fsp3) is 0.400. The van der Waals surface area contributed by atoms with Gasteiger partial charge in [-0.05, 0) is 29.3 Å². The van der Waals surface area contributed by atoms with E-state index in [1.807, 2.05) is 13.0 Å². The van der Waals surface area contributed by atoms with E-state index in [0.29, 0.717) is 11.0 Å². The van der Waals surface area contributed by atoms with Gasteiger partial charge in [0.25, 0.3) is 5.56 Å². The van der Waals surface area contributed by atoms with Gasteiger partial charge in [-0.1, -0.05) is 6.08 Å². The zero-order valence-corrected chi connectivity index (χ0v) is 10.2. The maximum atomic E-state index is 11.6. The minimum Gasteiger partial charge on any atom is -0.382 e. The van der Waals surface area contributed by atoms with E-state index in [2.05, 4.69) is 32.9 Å². The fourth-order valence-electron chi connectivity index (χ4n) is 1.12. The maximum Gasteiger partial charge on any atom is 0.283 e. The van der Waals surface area contributed by atoms with Crippen molar-refractivity contribution in [1.82, 2.24) is 9.78 Å². The van der Waals surface area contributed by atoms with Gasteiger partial charge in [-0.2, -0.15) is 5.10 Å². The molecule has 82 valence electrons. The molecule has 5 heteroatoms. The van der Waals surface area contributed by atoms with Gasteiger partial charge in [-0.3, -0.25) is 4.79 Å². The van der Waals surface area contributed by atoms with E-state index in [1.165, 1.54) is 4.68 Å². The Morgan fingerprint density at radius 3 is 3.07 bits per heavy atom. The first-order valence-corrected chi connectivity index (χ1v) is 5.60. The van der Waals surface area contributed by atoms with Crippen molar-refractivity contribution in [1.29, 1.82) is 0 Å². The Bertz CT molecular complexity index is 400. The minimum absolute atomic E-state index is 0.110. The molecule has 1 heterocycles. The van der Waals surface area contributed by atoms with Crippen LogP contribution in [0.4, 0.5) is 5.69 Å². The zero-order valence-electron chi connectivity index (χ0n) is 8.66. The van der Waals surface area contributed by atoms with Crippen LogP contribution in [0.1, 0.15) is 13.3 Å². The molecule has 0 aliphatic rings. The lowest BCUT2D eigenvalue weighted by Crippen LogP contribution is -2.23. The Balaban J connectivity index is 2.87. The van der Waals surface area contributed by atoms with Crippen molar-refractivity contribution in [2.24, 2.45) is 0 Å². The average molecular weight is 272 g/mol. The lowest BCUT2D eigenvalue weighted by Gasteiger charge is -2.08. The highest BCUT2D eigenvalue weighted by Crippen LogP contribution is 2.15. The van der Waals surface area contributed by atoms with Gasteiger partial charge in [0.2, 0.25) is 0 Å². The van der Waals surface area contributed by atoms with Gasteiger partial charge in [-0.25, -0.2) is 4.68 Å². The van der Waals surface area contributed by atoms with Crippen LogP contribution in [-0.2, 0) is 6.54 Å². The van der Waals surface area contributed by atoms with Crippen LogP contribution in [0.5, 0.6) is 0 Å². The van der Waals surface area contributed by atoms with E-state index < -0.39 is 0 Å². The summed E-state index contributed by atoms with van der Waals surface area (Å²) in [6.07, 6.45) is 4.32. The molecule has 0 unspecified atom stereocenters. The number of aryl methyl sites for hydroxylation is 1. The van der Waals surface area contributed by atoms with Gasteiger partial charge in [-0.15, -0.1) is 6.58 Å². The summed E-state index contributed by atoms with van der Waals surface area (Å²) in [6, 6.07) is 0. The molecule has 0 aliphatic heterocycles. The lowest BCUT2D eigenvalue weighted by molar-refractivity contribution is 0.613. The molecule has 0 spiro atoms. The van der Waals surface area contributed by atoms with Gasteiger partial charge in [0.05, 0.1) is 11.9 Å². The highest BCUT2D eigenvalue weighted by molar-refractivity contribution is 9.10. The average Bonchev–Trinajstić information content (AvgIpc) is 2.25. The molecule has 4 nitrogen and oxygen atoms in total. The normalized spacial score (nSPS) is 10.0. The van der Waals surface area contributed by atoms with Crippen LogP contribution in [0.15, 0.2) is 28.1 Å². The van der Waals surface area contributed by atoms with E-state index in [9.17, 15) is 4.79 Å². The van der Waals surface area contributed by atoms with Crippen LogP contribution in [0.2, 0.25) is 0 Å². The largest absolute Gasteiger partial charge is 0.382 e. The summed E-state index contributed by atoms with van der Waals surface area (Å²) in [5.74, 6) is 0. The molecule has 0 bridgehead atoms. The van der Waals surface area contributed by atoms with Gasteiger partial charge in [0, 0.05) is 13.1 Å². The summed E-state index contributed by atoms with van der Waals surface area (Å²) in [4.78, 5) is 11.6. The smallest absolute Gasteiger partial charge is 0.283 e. The zero-order chi connectivity index (χ0) is 11.3. The molecule has 1 aromatic rings. The molecule has 0 atom stereocenters. The summed E-state index contributed by atoms with van der Waals surface area (Å²) in [5, 5.41) is 7.13. The second-order valence-corrected chi connectivity index (χ2v) is 3.79. The molecule has 0 aromatic carbocycles. The number of hydrogen-bond donors (Lipinski definition) is 1. The third-order valence-electron chi connectivity index (χ3n) is 1.95. The summed E-state index contributed by atoms with van der Waals surface area (Å²) in [6.45, 7) is 6.83. The summed E-state index contributed by atoms with van der Waals surface area (Å²) < 4.78 is 1.94. The summed E-state index contributed by atoms with van der Waals surface area (Å²) in [7, 11) is 0. The first-order valence-electron chi connectivity index (χ1n) is 4.81. The molecule has 0 aliphatic carbocycles. The van der Waals surface area contributed by atoms with E-state index in [0.717, 1.165) is 18.7 Å². The van der Waals surface area contributed by atoms with Crippen molar-refractivity contribution in [3.8, 4) is 0 Å². The number of nitrogens with zero attached hydrogens (tertiary/aromatic N) is 2. The molecule has 0 saturated heterocycles.